The number of nitrogens with zero attached hydrogens (tertiary/aromatic N) is 1. The number of nitrogens with one attached hydrogen (secondary N) is 1. The summed E-state index contributed by atoms with van der Waals surface area (Å²) in [6, 6.07) is 2.84. The van der Waals surface area contributed by atoms with Crippen LogP contribution in [0.2, 0.25) is 0 Å². The van der Waals surface area contributed by atoms with E-state index in [1.807, 2.05) is 0 Å². The molecule has 7 heteroatoms. The van der Waals surface area contributed by atoms with E-state index in [0.717, 1.165) is 0 Å². The summed E-state index contributed by atoms with van der Waals surface area (Å²) in [4.78, 5) is 36.2. The van der Waals surface area contributed by atoms with Crippen molar-refractivity contribution in [2.24, 2.45) is 5.92 Å². The largest absolute Gasteiger partial charge is 0.481 e. The van der Waals surface area contributed by atoms with Gasteiger partial charge in [0.2, 0.25) is 5.91 Å². The highest BCUT2D eigenvalue weighted by atomic mass is 16.4. The third kappa shape index (κ3) is 3.42. The van der Waals surface area contributed by atoms with Gasteiger partial charge in [-0.1, -0.05) is 0 Å². The summed E-state index contributed by atoms with van der Waals surface area (Å²) in [7, 11) is 0. The highest BCUT2D eigenvalue weighted by Gasteiger charge is 2.37. The van der Waals surface area contributed by atoms with E-state index in [9.17, 15) is 14.4 Å². The van der Waals surface area contributed by atoms with Gasteiger partial charge < -0.3 is 19.7 Å². The summed E-state index contributed by atoms with van der Waals surface area (Å²) < 4.78 is 4.94. The van der Waals surface area contributed by atoms with E-state index in [1.165, 1.54) is 12.3 Å². The maximum absolute atomic E-state index is 12.1. The molecule has 0 radical (unpaired) electrons. The highest BCUT2D eigenvalue weighted by molar-refractivity contribution is 5.91. The Kier molecular flexibility index (Phi) is 4.62. The smallest absolute Gasteiger partial charge is 0.308 e. The number of furan rings is 1. The SMILES string of the molecule is CC1C(C(=O)O)CCN1C(=O)CCNC(=O)c1ccco1. The van der Waals surface area contributed by atoms with Crippen molar-refractivity contribution in [3.63, 3.8) is 0 Å². The second-order valence-electron chi connectivity index (χ2n) is 5.04. The van der Waals surface area contributed by atoms with Crippen LogP contribution in [0.3, 0.4) is 0 Å². The summed E-state index contributed by atoms with van der Waals surface area (Å²) in [6.45, 7) is 2.38. The number of carbonyl (C=O) groups is 3. The fourth-order valence-electron chi connectivity index (χ4n) is 2.54. The summed E-state index contributed by atoms with van der Waals surface area (Å²) >= 11 is 0. The van der Waals surface area contributed by atoms with Crippen LogP contribution in [0.4, 0.5) is 0 Å². The minimum atomic E-state index is -0.871. The van der Waals surface area contributed by atoms with E-state index >= 15 is 0 Å². The fraction of sp³-hybridized carbons (Fsp3) is 0.500. The van der Waals surface area contributed by atoms with Crippen LogP contribution in [0.15, 0.2) is 22.8 Å². The van der Waals surface area contributed by atoms with E-state index in [-0.39, 0.29) is 36.6 Å². The van der Waals surface area contributed by atoms with Gasteiger partial charge in [-0.3, -0.25) is 14.4 Å². The van der Waals surface area contributed by atoms with Crippen LogP contribution in [0, 0.1) is 5.92 Å². The van der Waals surface area contributed by atoms with Crippen LogP contribution in [0.5, 0.6) is 0 Å². The molecular weight excluding hydrogens is 276 g/mol. The van der Waals surface area contributed by atoms with Crippen molar-refractivity contribution in [1.29, 1.82) is 0 Å². The number of rotatable bonds is 5. The first kappa shape index (κ1) is 15.1. The number of carboxylic acids is 1. The first-order valence-corrected chi connectivity index (χ1v) is 6.84. The van der Waals surface area contributed by atoms with Gasteiger partial charge in [-0.05, 0) is 25.5 Å². The Balaban J connectivity index is 1.78. The quantitative estimate of drug-likeness (QED) is 0.833. The van der Waals surface area contributed by atoms with Gasteiger partial charge in [0, 0.05) is 25.6 Å². The normalized spacial score (nSPS) is 21.3. The number of aliphatic carboxylic acids is 1. The van der Waals surface area contributed by atoms with E-state index in [4.69, 9.17) is 9.52 Å². The minimum absolute atomic E-state index is 0.142. The lowest BCUT2D eigenvalue weighted by Crippen LogP contribution is -2.39. The summed E-state index contributed by atoms with van der Waals surface area (Å²) in [6.07, 6.45) is 2.02. The molecule has 7 nitrogen and oxygen atoms in total. The Labute approximate surface area is 121 Å². The predicted octanol–water partition coefficient (Wildman–Crippen LogP) is 0.721. The molecule has 0 bridgehead atoms. The Morgan fingerprint density at radius 3 is 2.81 bits per heavy atom. The molecule has 1 aliphatic rings. The molecule has 2 rings (SSSR count). The number of amides is 2. The van der Waals surface area contributed by atoms with Crippen molar-refractivity contribution in [3.05, 3.63) is 24.2 Å². The molecule has 2 N–H and O–H groups in total. The maximum Gasteiger partial charge on any atom is 0.308 e. The zero-order valence-electron chi connectivity index (χ0n) is 11.7. The standard InChI is InChI=1S/C14H18N2O5/c1-9-10(14(19)20)5-7-16(9)12(17)4-6-15-13(18)11-3-2-8-21-11/h2-3,8-10H,4-7H2,1H3,(H,15,18)(H,19,20). The van der Waals surface area contributed by atoms with Gasteiger partial charge in [-0.25, -0.2) is 0 Å². The van der Waals surface area contributed by atoms with Crippen molar-refractivity contribution in [3.8, 4) is 0 Å². The third-order valence-electron chi connectivity index (χ3n) is 3.76. The van der Waals surface area contributed by atoms with E-state index in [0.29, 0.717) is 13.0 Å². The topological polar surface area (TPSA) is 99.9 Å². The predicted molar refractivity (Wildman–Crippen MR) is 72.6 cm³/mol. The minimum Gasteiger partial charge on any atom is -0.481 e. The molecule has 1 fully saturated rings. The summed E-state index contributed by atoms with van der Waals surface area (Å²) in [5.41, 5.74) is 0. The third-order valence-corrected chi connectivity index (χ3v) is 3.76. The van der Waals surface area contributed by atoms with Crippen LogP contribution in [0.25, 0.3) is 0 Å². The molecule has 0 spiro atoms. The monoisotopic (exact) mass is 294 g/mol. The molecule has 2 heterocycles. The van der Waals surface area contributed by atoms with Gasteiger partial charge in [0.15, 0.2) is 5.76 Å². The molecule has 1 aromatic rings. The van der Waals surface area contributed by atoms with Gasteiger partial charge in [0.1, 0.15) is 0 Å². The van der Waals surface area contributed by atoms with E-state index < -0.39 is 11.9 Å². The zero-order valence-corrected chi connectivity index (χ0v) is 11.7. The van der Waals surface area contributed by atoms with Crippen LogP contribution in [-0.2, 0) is 9.59 Å². The number of carbonyl (C=O) groups excluding carboxylic acids is 2. The van der Waals surface area contributed by atoms with Crippen LogP contribution in [-0.4, -0.2) is 46.9 Å². The second-order valence-corrected chi connectivity index (χ2v) is 5.04. The molecule has 0 saturated carbocycles. The molecule has 21 heavy (non-hydrogen) atoms. The van der Waals surface area contributed by atoms with Crippen molar-refractivity contribution in [2.75, 3.05) is 13.1 Å². The Morgan fingerprint density at radius 2 is 2.24 bits per heavy atom. The number of carboxylic acid groups (broad SMARTS) is 1. The van der Waals surface area contributed by atoms with Gasteiger partial charge in [-0.15, -0.1) is 0 Å². The summed E-state index contributed by atoms with van der Waals surface area (Å²) in [5.74, 6) is -1.70. The highest BCUT2D eigenvalue weighted by Crippen LogP contribution is 2.24. The van der Waals surface area contributed by atoms with Crippen molar-refractivity contribution < 1.29 is 23.9 Å². The Hall–Kier alpha value is -2.31. The Morgan fingerprint density at radius 1 is 1.48 bits per heavy atom. The molecule has 2 unspecified atom stereocenters. The van der Waals surface area contributed by atoms with Crippen molar-refractivity contribution >= 4 is 17.8 Å². The molecule has 0 aliphatic carbocycles. The lowest BCUT2D eigenvalue weighted by Gasteiger charge is -2.23. The second kappa shape index (κ2) is 6.43. The molecule has 2 amide bonds. The fourth-order valence-corrected chi connectivity index (χ4v) is 2.54. The molecule has 114 valence electrons. The lowest BCUT2D eigenvalue weighted by molar-refractivity contribution is -0.143. The first-order valence-electron chi connectivity index (χ1n) is 6.84. The van der Waals surface area contributed by atoms with Crippen LogP contribution in [0.1, 0.15) is 30.3 Å². The number of hydrogen-bond acceptors (Lipinski definition) is 4. The molecule has 1 saturated heterocycles. The Bertz CT molecular complexity index is 525. The van der Waals surface area contributed by atoms with Gasteiger partial charge in [0.25, 0.3) is 5.91 Å². The first-order chi connectivity index (χ1) is 10.0. The molecule has 1 aliphatic heterocycles. The summed E-state index contributed by atoms with van der Waals surface area (Å²) in [5, 5.41) is 11.6. The van der Waals surface area contributed by atoms with Crippen LogP contribution >= 0.6 is 0 Å². The average molecular weight is 294 g/mol. The van der Waals surface area contributed by atoms with Crippen molar-refractivity contribution in [2.45, 2.75) is 25.8 Å². The molecule has 1 aromatic heterocycles. The van der Waals surface area contributed by atoms with Gasteiger partial charge in [-0.2, -0.15) is 0 Å². The molecule has 0 aromatic carbocycles. The number of hydrogen-bond donors (Lipinski definition) is 2. The van der Waals surface area contributed by atoms with E-state index in [2.05, 4.69) is 5.32 Å². The zero-order chi connectivity index (χ0) is 15.4. The average Bonchev–Trinajstić information content (AvgIpc) is 3.07. The maximum atomic E-state index is 12.1. The van der Waals surface area contributed by atoms with Gasteiger partial charge >= 0.3 is 5.97 Å². The van der Waals surface area contributed by atoms with Crippen molar-refractivity contribution in [1.82, 2.24) is 10.2 Å². The van der Waals surface area contributed by atoms with Gasteiger partial charge in [0.05, 0.1) is 12.2 Å². The molecular formula is C14H18N2O5. The van der Waals surface area contributed by atoms with Crippen LogP contribution < -0.4 is 5.32 Å². The lowest BCUT2D eigenvalue weighted by atomic mass is 10.0. The number of likely N-dealkylation sites (tertiary alicyclic amines) is 1. The van der Waals surface area contributed by atoms with E-state index in [1.54, 1.807) is 17.9 Å². The molecule has 2 atom stereocenters.